The first kappa shape index (κ1) is 16.3. The van der Waals surface area contributed by atoms with Crippen LogP contribution in [0.15, 0.2) is 24.3 Å². The number of carbonyl (C=O) groups is 1. The molecule has 0 radical (unpaired) electrons. The van der Waals surface area contributed by atoms with E-state index in [4.69, 9.17) is 4.74 Å². The van der Waals surface area contributed by atoms with Crippen molar-refractivity contribution in [3.05, 3.63) is 35.4 Å². The number of fused-ring (bicyclic) bond motifs is 1. The van der Waals surface area contributed by atoms with Gasteiger partial charge in [-0.1, -0.05) is 24.3 Å². The zero-order valence-corrected chi connectivity index (χ0v) is 14.7. The number of ether oxygens (including phenoxy) is 1. The molecule has 2 atom stereocenters. The van der Waals surface area contributed by atoms with Crippen LogP contribution in [-0.2, 0) is 4.74 Å². The number of hydrogen-bond acceptors (Lipinski definition) is 3. The van der Waals surface area contributed by atoms with Crippen LogP contribution in [0.3, 0.4) is 0 Å². The Bertz CT molecular complexity index is 579. The first-order chi connectivity index (χ1) is 10.9. The van der Waals surface area contributed by atoms with Gasteiger partial charge in [-0.25, -0.2) is 4.79 Å². The number of benzene rings is 1. The minimum absolute atomic E-state index is 0.0994. The minimum atomic E-state index is -0.458. The molecule has 0 aromatic heterocycles. The molecule has 2 unspecified atom stereocenters. The average molecular weight is 316 g/mol. The number of piperazine rings is 1. The summed E-state index contributed by atoms with van der Waals surface area (Å²) in [6.45, 7) is 10.8. The zero-order chi connectivity index (χ0) is 16.6. The maximum absolute atomic E-state index is 12.8. The van der Waals surface area contributed by atoms with Gasteiger partial charge in [-0.05, 0) is 58.2 Å². The molecule has 0 aliphatic carbocycles. The summed E-state index contributed by atoms with van der Waals surface area (Å²) >= 11 is 0. The van der Waals surface area contributed by atoms with Crippen molar-refractivity contribution in [2.45, 2.75) is 58.2 Å². The van der Waals surface area contributed by atoms with Gasteiger partial charge in [0.2, 0.25) is 0 Å². The van der Waals surface area contributed by atoms with Crippen molar-refractivity contribution in [2.24, 2.45) is 0 Å². The van der Waals surface area contributed by atoms with Crippen molar-refractivity contribution in [1.29, 1.82) is 0 Å². The topological polar surface area (TPSA) is 32.8 Å². The number of carbonyl (C=O) groups excluding carboxylic acids is 1. The van der Waals surface area contributed by atoms with Crippen LogP contribution >= 0.6 is 0 Å². The third-order valence-corrected chi connectivity index (χ3v) is 4.88. The maximum atomic E-state index is 12.8. The molecule has 1 aromatic carbocycles. The van der Waals surface area contributed by atoms with Crippen LogP contribution in [0.2, 0.25) is 0 Å². The van der Waals surface area contributed by atoms with E-state index in [1.54, 1.807) is 0 Å². The Morgan fingerprint density at radius 1 is 1.17 bits per heavy atom. The summed E-state index contributed by atoms with van der Waals surface area (Å²) in [5.74, 6) is 0. The fourth-order valence-corrected chi connectivity index (χ4v) is 3.89. The summed E-state index contributed by atoms with van der Waals surface area (Å²) in [5.41, 5.74) is 2.05. The van der Waals surface area contributed by atoms with Crippen molar-refractivity contribution in [2.75, 3.05) is 19.6 Å². The Morgan fingerprint density at radius 3 is 2.61 bits per heavy atom. The van der Waals surface area contributed by atoms with E-state index in [1.165, 1.54) is 17.5 Å². The molecule has 3 rings (SSSR count). The number of hydrogen-bond donors (Lipinski definition) is 0. The molecule has 126 valence electrons. The predicted molar refractivity (Wildman–Crippen MR) is 91.5 cm³/mol. The summed E-state index contributed by atoms with van der Waals surface area (Å²) in [4.78, 5) is 17.3. The highest BCUT2D eigenvalue weighted by Gasteiger charge is 2.43. The van der Waals surface area contributed by atoms with Crippen LogP contribution in [0.1, 0.15) is 50.8 Å². The Hall–Kier alpha value is -1.55. The second-order valence-corrected chi connectivity index (χ2v) is 7.72. The summed E-state index contributed by atoms with van der Waals surface area (Å²) in [6, 6.07) is 8.95. The van der Waals surface area contributed by atoms with Gasteiger partial charge in [0.05, 0.1) is 6.04 Å². The van der Waals surface area contributed by atoms with Crippen LogP contribution < -0.4 is 0 Å². The predicted octanol–water partition coefficient (Wildman–Crippen LogP) is 3.75. The molecule has 4 heteroatoms. The molecule has 2 heterocycles. The molecule has 1 aromatic rings. The second-order valence-electron chi connectivity index (χ2n) is 7.72. The van der Waals surface area contributed by atoms with Crippen molar-refractivity contribution in [3.63, 3.8) is 0 Å². The lowest BCUT2D eigenvalue weighted by molar-refractivity contribution is -0.0123. The molecule has 2 aliphatic heterocycles. The Balaban J connectivity index is 1.94. The highest BCUT2D eigenvalue weighted by Crippen LogP contribution is 2.38. The first-order valence-electron chi connectivity index (χ1n) is 8.66. The summed E-state index contributed by atoms with van der Waals surface area (Å²) < 4.78 is 5.69. The van der Waals surface area contributed by atoms with Gasteiger partial charge in [0.25, 0.3) is 0 Å². The summed E-state index contributed by atoms with van der Waals surface area (Å²) in [5, 5.41) is 0. The molecule has 0 saturated carbocycles. The van der Waals surface area contributed by atoms with E-state index in [9.17, 15) is 4.79 Å². The highest BCUT2D eigenvalue weighted by molar-refractivity contribution is 5.69. The van der Waals surface area contributed by atoms with Crippen LogP contribution in [0.5, 0.6) is 0 Å². The quantitative estimate of drug-likeness (QED) is 0.791. The maximum Gasteiger partial charge on any atom is 0.410 e. The molecular weight excluding hydrogens is 288 g/mol. The second kappa shape index (κ2) is 6.16. The fraction of sp³-hybridized carbons (Fsp3) is 0.632. The molecule has 2 fully saturated rings. The van der Waals surface area contributed by atoms with E-state index in [-0.39, 0.29) is 12.1 Å². The van der Waals surface area contributed by atoms with Gasteiger partial charge in [-0.2, -0.15) is 0 Å². The van der Waals surface area contributed by atoms with Crippen LogP contribution in [0, 0.1) is 6.92 Å². The van der Waals surface area contributed by atoms with Gasteiger partial charge in [-0.3, -0.25) is 9.80 Å². The largest absolute Gasteiger partial charge is 0.444 e. The van der Waals surface area contributed by atoms with Gasteiger partial charge < -0.3 is 4.74 Å². The van der Waals surface area contributed by atoms with Gasteiger partial charge in [0, 0.05) is 19.1 Å². The molecule has 0 spiro atoms. The van der Waals surface area contributed by atoms with E-state index in [2.05, 4.69) is 36.1 Å². The average Bonchev–Trinajstić information content (AvgIpc) is 2.93. The smallest absolute Gasteiger partial charge is 0.410 e. The molecular formula is C19H28N2O2. The number of amides is 1. The van der Waals surface area contributed by atoms with E-state index in [1.807, 2.05) is 25.7 Å². The molecule has 2 saturated heterocycles. The zero-order valence-electron chi connectivity index (χ0n) is 14.7. The van der Waals surface area contributed by atoms with Gasteiger partial charge in [0.15, 0.2) is 0 Å². The molecule has 0 bridgehead atoms. The van der Waals surface area contributed by atoms with E-state index >= 15 is 0 Å². The van der Waals surface area contributed by atoms with Crippen molar-refractivity contribution < 1.29 is 9.53 Å². The first-order valence-corrected chi connectivity index (χ1v) is 8.66. The number of rotatable bonds is 1. The molecule has 1 amide bonds. The normalized spacial score (nSPS) is 25.3. The monoisotopic (exact) mass is 316 g/mol. The third-order valence-electron chi connectivity index (χ3n) is 4.88. The summed E-state index contributed by atoms with van der Waals surface area (Å²) in [7, 11) is 0. The molecule has 2 aliphatic rings. The molecule has 4 nitrogen and oxygen atoms in total. The van der Waals surface area contributed by atoms with Crippen LogP contribution in [0.25, 0.3) is 0 Å². The Kier molecular flexibility index (Phi) is 4.37. The van der Waals surface area contributed by atoms with E-state index in [0.717, 1.165) is 26.1 Å². The van der Waals surface area contributed by atoms with Crippen molar-refractivity contribution >= 4 is 6.09 Å². The minimum Gasteiger partial charge on any atom is -0.444 e. The van der Waals surface area contributed by atoms with Gasteiger partial charge in [0.1, 0.15) is 5.60 Å². The lowest BCUT2D eigenvalue weighted by Crippen LogP contribution is -2.55. The fourth-order valence-electron chi connectivity index (χ4n) is 3.89. The standard InChI is InChI=1S/C19H28N2O2/c1-14-8-5-6-9-15(14)17-16-10-7-11-20(16)12-13-21(17)18(22)23-19(2,3)4/h5-6,8-9,16-17H,7,10-13H2,1-4H3. The third kappa shape index (κ3) is 3.37. The number of nitrogens with zero attached hydrogens (tertiary/aromatic N) is 2. The Morgan fingerprint density at radius 2 is 1.91 bits per heavy atom. The molecule has 23 heavy (non-hydrogen) atoms. The van der Waals surface area contributed by atoms with Crippen molar-refractivity contribution in [1.82, 2.24) is 9.80 Å². The van der Waals surface area contributed by atoms with Crippen molar-refractivity contribution in [3.8, 4) is 0 Å². The van der Waals surface area contributed by atoms with Crippen LogP contribution in [-0.4, -0.2) is 47.2 Å². The van der Waals surface area contributed by atoms with Crippen LogP contribution in [0.4, 0.5) is 4.79 Å². The lowest BCUT2D eigenvalue weighted by Gasteiger charge is -2.45. The molecule has 0 N–H and O–H groups in total. The Labute approximate surface area is 139 Å². The highest BCUT2D eigenvalue weighted by atomic mass is 16.6. The number of aryl methyl sites for hydroxylation is 1. The van der Waals surface area contributed by atoms with E-state index < -0.39 is 5.60 Å². The van der Waals surface area contributed by atoms with Gasteiger partial charge in [-0.15, -0.1) is 0 Å². The van der Waals surface area contributed by atoms with E-state index in [0.29, 0.717) is 6.04 Å². The SMILES string of the molecule is Cc1ccccc1C1C2CCCN2CCN1C(=O)OC(C)(C)C. The summed E-state index contributed by atoms with van der Waals surface area (Å²) in [6.07, 6.45) is 2.19. The lowest BCUT2D eigenvalue weighted by atomic mass is 9.91. The van der Waals surface area contributed by atoms with Gasteiger partial charge >= 0.3 is 6.09 Å².